The van der Waals surface area contributed by atoms with E-state index in [1.807, 2.05) is 0 Å². The van der Waals surface area contributed by atoms with Crippen LogP contribution in [0.1, 0.15) is 36.5 Å². The van der Waals surface area contributed by atoms with E-state index in [2.05, 4.69) is 37.4 Å². The maximum Gasteiger partial charge on any atom is 0.213 e. The van der Waals surface area contributed by atoms with E-state index in [4.69, 9.17) is 0 Å². The first-order valence-corrected chi connectivity index (χ1v) is 9.30. The fourth-order valence-corrected chi connectivity index (χ4v) is 3.95. The number of hydrogen-bond acceptors (Lipinski definition) is 3. The van der Waals surface area contributed by atoms with Crippen molar-refractivity contribution in [1.82, 2.24) is 9.62 Å². The third-order valence-corrected chi connectivity index (χ3v) is 6.17. The van der Waals surface area contributed by atoms with Gasteiger partial charge in [-0.1, -0.05) is 23.8 Å². The Kier molecular flexibility index (Phi) is 5.41. The number of benzene rings is 1. The van der Waals surface area contributed by atoms with Crippen LogP contribution in [0.3, 0.4) is 0 Å². The zero-order valence-corrected chi connectivity index (χ0v) is 14.0. The van der Waals surface area contributed by atoms with E-state index < -0.39 is 10.0 Å². The summed E-state index contributed by atoms with van der Waals surface area (Å²) in [6, 6.07) is 6.93. The SMILES string of the molecule is CCS(=O)(=O)N1CCC(NCc2ccc(C)cc2C)CC1. The van der Waals surface area contributed by atoms with Gasteiger partial charge < -0.3 is 5.32 Å². The predicted molar refractivity (Wildman–Crippen MR) is 86.8 cm³/mol. The number of hydrogen-bond donors (Lipinski definition) is 1. The van der Waals surface area contributed by atoms with Gasteiger partial charge in [-0.2, -0.15) is 0 Å². The van der Waals surface area contributed by atoms with Crippen molar-refractivity contribution in [1.29, 1.82) is 0 Å². The molecule has 2 rings (SSSR count). The third kappa shape index (κ3) is 4.28. The highest BCUT2D eigenvalue weighted by Crippen LogP contribution is 2.16. The number of piperidine rings is 1. The van der Waals surface area contributed by atoms with Gasteiger partial charge in [0.15, 0.2) is 0 Å². The van der Waals surface area contributed by atoms with Gasteiger partial charge >= 0.3 is 0 Å². The normalized spacial score (nSPS) is 18.0. The molecule has 21 heavy (non-hydrogen) atoms. The van der Waals surface area contributed by atoms with Crippen molar-refractivity contribution in [3.8, 4) is 0 Å². The van der Waals surface area contributed by atoms with Gasteiger partial charge in [0.2, 0.25) is 10.0 Å². The van der Waals surface area contributed by atoms with Crippen molar-refractivity contribution in [2.75, 3.05) is 18.8 Å². The number of aryl methyl sites for hydroxylation is 2. The molecule has 1 N–H and O–H groups in total. The molecule has 5 heteroatoms. The van der Waals surface area contributed by atoms with Crippen molar-refractivity contribution < 1.29 is 8.42 Å². The summed E-state index contributed by atoms with van der Waals surface area (Å²) in [7, 11) is -3.02. The van der Waals surface area contributed by atoms with Crippen LogP contribution in [-0.4, -0.2) is 37.6 Å². The quantitative estimate of drug-likeness (QED) is 0.907. The molecule has 0 atom stereocenters. The monoisotopic (exact) mass is 310 g/mol. The van der Waals surface area contributed by atoms with Gasteiger partial charge in [0.25, 0.3) is 0 Å². The Bertz CT molecular complexity index is 576. The average molecular weight is 310 g/mol. The van der Waals surface area contributed by atoms with E-state index in [1.54, 1.807) is 11.2 Å². The molecule has 1 aromatic carbocycles. The summed E-state index contributed by atoms with van der Waals surface area (Å²) in [6.07, 6.45) is 1.79. The molecule has 1 aromatic rings. The molecule has 0 saturated carbocycles. The molecule has 0 unspecified atom stereocenters. The van der Waals surface area contributed by atoms with Crippen molar-refractivity contribution in [2.24, 2.45) is 0 Å². The minimum absolute atomic E-state index is 0.202. The fraction of sp³-hybridized carbons (Fsp3) is 0.625. The topological polar surface area (TPSA) is 49.4 Å². The lowest BCUT2D eigenvalue weighted by Gasteiger charge is -2.31. The largest absolute Gasteiger partial charge is 0.310 e. The molecule has 118 valence electrons. The van der Waals surface area contributed by atoms with Crippen LogP contribution in [0, 0.1) is 13.8 Å². The van der Waals surface area contributed by atoms with E-state index >= 15 is 0 Å². The second-order valence-electron chi connectivity index (χ2n) is 5.88. The summed E-state index contributed by atoms with van der Waals surface area (Å²) in [5, 5.41) is 3.57. The molecule has 0 aliphatic carbocycles. The Morgan fingerprint density at radius 1 is 1.24 bits per heavy atom. The maximum atomic E-state index is 11.8. The molecule has 1 aliphatic heterocycles. The Hall–Kier alpha value is -0.910. The molecule has 0 amide bonds. The van der Waals surface area contributed by atoms with Crippen LogP contribution in [0.25, 0.3) is 0 Å². The highest BCUT2D eigenvalue weighted by atomic mass is 32.2. The van der Waals surface area contributed by atoms with Crippen LogP contribution in [0.4, 0.5) is 0 Å². The molecule has 1 aliphatic rings. The van der Waals surface area contributed by atoms with Crippen LogP contribution >= 0.6 is 0 Å². The first-order valence-electron chi connectivity index (χ1n) is 7.69. The summed E-state index contributed by atoms with van der Waals surface area (Å²) in [4.78, 5) is 0. The van der Waals surface area contributed by atoms with E-state index in [0.29, 0.717) is 19.1 Å². The summed E-state index contributed by atoms with van der Waals surface area (Å²) in [5.74, 6) is 0.202. The highest BCUT2D eigenvalue weighted by molar-refractivity contribution is 7.89. The summed E-state index contributed by atoms with van der Waals surface area (Å²) in [5.41, 5.74) is 3.92. The predicted octanol–water partition coefficient (Wildman–Crippen LogP) is 2.21. The van der Waals surface area contributed by atoms with E-state index in [-0.39, 0.29) is 5.75 Å². The van der Waals surface area contributed by atoms with E-state index in [0.717, 1.165) is 19.4 Å². The lowest BCUT2D eigenvalue weighted by Crippen LogP contribution is -2.45. The summed E-state index contributed by atoms with van der Waals surface area (Å²) < 4.78 is 25.3. The lowest BCUT2D eigenvalue weighted by atomic mass is 10.0. The molecule has 0 spiro atoms. The second kappa shape index (κ2) is 6.90. The van der Waals surface area contributed by atoms with Crippen molar-refractivity contribution in [2.45, 2.75) is 46.2 Å². The van der Waals surface area contributed by atoms with Gasteiger partial charge in [-0.3, -0.25) is 0 Å². The molecule has 0 aromatic heterocycles. The summed E-state index contributed by atoms with van der Waals surface area (Å²) in [6.45, 7) is 8.09. The first-order chi connectivity index (χ1) is 9.92. The van der Waals surface area contributed by atoms with Crippen LogP contribution in [0.15, 0.2) is 18.2 Å². The standard InChI is InChI=1S/C16H26N2O2S/c1-4-21(19,20)18-9-7-16(8-10-18)17-12-15-6-5-13(2)11-14(15)3/h5-6,11,16-17H,4,7-10,12H2,1-3H3. The average Bonchev–Trinajstić information content (AvgIpc) is 2.47. The minimum Gasteiger partial charge on any atom is -0.310 e. The van der Waals surface area contributed by atoms with Gasteiger partial charge in [0.05, 0.1) is 5.75 Å². The molecule has 0 bridgehead atoms. The lowest BCUT2D eigenvalue weighted by molar-refractivity contribution is 0.289. The second-order valence-corrected chi connectivity index (χ2v) is 8.14. The Morgan fingerprint density at radius 2 is 1.90 bits per heavy atom. The highest BCUT2D eigenvalue weighted by Gasteiger charge is 2.26. The number of rotatable bonds is 5. The van der Waals surface area contributed by atoms with E-state index in [1.165, 1.54) is 16.7 Å². The molecule has 1 fully saturated rings. The van der Waals surface area contributed by atoms with Crippen LogP contribution in [0.2, 0.25) is 0 Å². The number of nitrogens with one attached hydrogen (secondary N) is 1. The fourth-order valence-electron chi connectivity index (χ4n) is 2.82. The van der Waals surface area contributed by atoms with Crippen molar-refractivity contribution in [3.05, 3.63) is 34.9 Å². The zero-order valence-electron chi connectivity index (χ0n) is 13.2. The molecule has 1 saturated heterocycles. The molecule has 0 radical (unpaired) electrons. The number of sulfonamides is 1. The Morgan fingerprint density at radius 3 is 2.48 bits per heavy atom. The van der Waals surface area contributed by atoms with Crippen LogP contribution < -0.4 is 5.32 Å². The Labute approximate surface area is 128 Å². The molecule has 1 heterocycles. The van der Waals surface area contributed by atoms with Gasteiger partial charge in [0, 0.05) is 25.7 Å². The molecular formula is C16H26N2O2S. The Balaban J connectivity index is 1.84. The van der Waals surface area contributed by atoms with Gasteiger partial charge in [-0.15, -0.1) is 0 Å². The number of nitrogens with zero attached hydrogens (tertiary/aromatic N) is 1. The van der Waals surface area contributed by atoms with Gasteiger partial charge in [-0.05, 0) is 44.7 Å². The minimum atomic E-state index is -3.02. The van der Waals surface area contributed by atoms with Gasteiger partial charge in [-0.25, -0.2) is 12.7 Å². The zero-order chi connectivity index (χ0) is 15.5. The molecule has 4 nitrogen and oxygen atoms in total. The first kappa shape index (κ1) is 16.5. The summed E-state index contributed by atoms with van der Waals surface area (Å²) >= 11 is 0. The van der Waals surface area contributed by atoms with Gasteiger partial charge in [0.1, 0.15) is 0 Å². The smallest absolute Gasteiger partial charge is 0.213 e. The maximum absolute atomic E-state index is 11.8. The molecular weight excluding hydrogens is 284 g/mol. The van der Waals surface area contributed by atoms with Crippen LogP contribution in [-0.2, 0) is 16.6 Å². The third-order valence-electron chi connectivity index (χ3n) is 4.29. The van der Waals surface area contributed by atoms with Crippen LogP contribution in [0.5, 0.6) is 0 Å². The van der Waals surface area contributed by atoms with Crippen molar-refractivity contribution >= 4 is 10.0 Å². The van der Waals surface area contributed by atoms with E-state index in [9.17, 15) is 8.42 Å². The van der Waals surface area contributed by atoms with Crippen molar-refractivity contribution in [3.63, 3.8) is 0 Å².